The molecular weight excluding hydrogens is 427 g/mol. The summed E-state index contributed by atoms with van der Waals surface area (Å²) in [6, 6.07) is 10.1. The highest BCUT2D eigenvalue weighted by molar-refractivity contribution is 7.89. The van der Waals surface area contributed by atoms with E-state index in [9.17, 15) is 18.0 Å². The van der Waals surface area contributed by atoms with Gasteiger partial charge in [-0.2, -0.15) is 0 Å². The Hall–Kier alpha value is -2.13. The van der Waals surface area contributed by atoms with Crippen LogP contribution >= 0.6 is 23.2 Å². The number of nitrogens with one attached hydrogen (secondary N) is 1. The third kappa shape index (κ3) is 5.23. The Morgan fingerprint density at radius 1 is 1.07 bits per heavy atom. The fourth-order valence-electron chi connectivity index (χ4n) is 2.09. The summed E-state index contributed by atoms with van der Waals surface area (Å²) in [7, 11) is -1.03. The van der Waals surface area contributed by atoms with E-state index in [1.54, 1.807) is 24.3 Å². The predicted molar refractivity (Wildman–Crippen MR) is 107 cm³/mol. The molecule has 1 atom stereocenters. The number of carbonyl (C=O) groups is 2. The smallest absolute Gasteiger partial charge is 0.340 e. The fraction of sp³-hybridized carbons (Fsp3) is 0.222. The van der Waals surface area contributed by atoms with Gasteiger partial charge in [0.25, 0.3) is 5.91 Å². The summed E-state index contributed by atoms with van der Waals surface area (Å²) < 4.78 is 30.6. The SMILES string of the molecule is C[C@H](OC(=O)c1cc(S(=O)(=O)N(C)C)ccc1Cl)C(=O)Nc1ccc(Cl)cc1. The fourth-order valence-corrected chi connectivity index (χ4v) is 3.34. The van der Waals surface area contributed by atoms with Crippen LogP contribution in [0.25, 0.3) is 0 Å². The van der Waals surface area contributed by atoms with Crippen molar-refractivity contribution >= 4 is 50.8 Å². The first-order chi connectivity index (χ1) is 13.0. The van der Waals surface area contributed by atoms with Gasteiger partial charge in [-0.05, 0) is 49.4 Å². The second kappa shape index (κ2) is 8.91. The summed E-state index contributed by atoms with van der Waals surface area (Å²) in [6.07, 6.45) is -1.15. The molecule has 0 radical (unpaired) electrons. The van der Waals surface area contributed by atoms with Crippen LogP contribution in [0.2, 0.25) is 10.0 Å². The number of ether oxygens (including phenoxy) is 1. The van der Waals surface area contributed by atoms with E-state index in [4.69, 9.17) is 27.9 Å². The highest BCUT2D eigenvalue weighted by Crippen LogP contribution is 2.23. The zero-order valence-electron chi connectivity index (χ0n) is 15.3. The number of rotatable bonds is 6. The van der Waals surface area contributed by atoms with Crippen LogP contribution in [0.15, 0.2) is 47.4 Å². The van der Waals surface area contributed by atoms with Crippen molar-refractivity contribution in [3.63, 3.8) is 0 Å². The van der Waals surface area contributed by atoms with E-state index in [0.717, 1.165) is 10.4 Å². The van der Waals surface area contributed by atoms with Gasteiger partial charge in [-0.1, -0.05) is 23.2 Å². The van der Waals surface area contributed by atoms with E-state index in [1.165, 1.54) is 33.2 Å². The summed E-state index contributed by atoms with van der Waals surface area (Å²) in [5, 5.41) is 3.10. The molecule has 1 N–H and O–H groups in total. The van der Waals surface area contributed by atoms with Crippen LogP contribution in [0.4, 0.5) is 5.69 Å². The summed E-state index contributed by atoms with van der Waals surface area (Å²) in [6.45, 7) is 1.39. The van der Waals surface area contributed by atoms with Crippen LogP contribution in [-0.4, -0.2) is 44.8 Å². The van der Waals surface area contributed by atoms with Crippen molar-refractivity contribution in [3.8, 4) is 0 Å². The molecule has 10 heteroatoms. The minimum atomic E-state index is -3.76. The molecular formula is C18H18Cl2N2O5S. The number of hydrogen-bond donors (Lipinski definition) is 1. The van der Waals surface area contributed by atoms with Gasteiger partial charge >= 0.3 is 5.97 Å². The summed E-state index contributed by atoms with van der Waals surface area (Å²) in [5.74, 6) is -1.48. The van der Waals surface area contributed by atoms with Crippen LogP contribution in [0.1, 0.15) is 17.3 Å². The number of amides is 1. The average Bonchev–Trinajstić information content (AvgIpc) is 2.63. The Kier molecular flexibility index (Phi) is 7.06. The van der Waals surface area contributed by atoms with Crippen molar-refractivity contribution in [2.75, 3.05) is 19.4 Å². The molecule has 2 rings (SSSR count). The van der Waals surface area contributed by atoms with Crippen LogP contribution < -0.4 is 5.32 Å². The third-order valence-corrected chi connectivity index (χ3v) is 6.09. The molecule has 0 saturated carbocycles. The first-order valence-corrected chi connectivity index (χ1v) is 10.2. The molecule has 2 aromatic rings. The van der Waals surface area contributed by atoms with Gasteiger partial charge in [0.2, 0.25) is 10.0 Å². The maximum absolute atomic E-state index is 12.4. The second-order valence-electron chi connectivity index (χ2n) is 5.97. The lowest BCUT2D eigenvalue weighted by Gasteiger charge is -2.15. The minimum Gasteiger partial charge on any atom is -0.449 e. The zero-order valence-corrected chi connectivity index (χ0v) is 17.6. The quantitative estimate of drug-likeness (QED) is 0.688. The van der Waals surface area contributed by atoms with E-state index in [1.807, 2.05) is 0 Å². The second-order valence-corrected chi connectivity index (χ2v) is 8.97. The number of nitrogens with zero attached hydrogens (tertiary/aromatic N) is 1. The molecule has 28 heavy (non-hydrogen) atoms. The van der Waals surface area contributed by atoms with E-state index in [2.05, 4.69) is 5.32 Å². The van der Waals surface area contributed by atoms with Crippen molar-refractivity contribution in [1.82, 2.24) is 4.31 Å². The average molecular weight is 445 g/mol. The van der Waals surface area contributed by atoms with Crippen molar-refractivity contribution in [3.05, 3.63) is 58.1 Å². The van der Waals surface area contributed by atoms with Crippen LogP contribution in [0.3, 0.4) is 0 Å². The lowest BCUT2D eigenvalue weighted by Crippen LogP contribution is -2.30. The monoisotopic (exact) mass is 444 g/mol. The lowest BCUT2D eigenvalue weighted by molar-refractivity contribution is -0.123. The molecule has 0 aliphatic heterocycles. The van der Waals surface area contributed by atoms with Crippen molar-refractivity contribution < 1.29 is 22.7 Å². The number of carbonyl (C=O) groups excluding carboxylic acids is 2. The lowest BCUT2D eigenvalue weighted by atomic mass is 10.2. The maximum Gasteiger partial charge on any atom is 0.340 e. The molecule has 0 spiro atoms. The summed E-state index contributed by atoms with van der Waals surface area (Å²) >= 11 is 11.8. The van der Waals surface area contributed by atoms with E-state index in [0.29, 0.717) is 10.7 Å². The number of benzene rings is 2. The molecule has 0 aliphatic rings. The van der Waals surface area contributed by atoms with Gasteiger partial charge in [0.1, 0.15) is 0 Å². The van der Waals surface area contributed by atoms with Gasteiger partial charge in [-0.3, -0.25) is 4.79 Å². The number of esters is 1. The standard InChI is InChI=1S/C18H18Cl2N2O5S/c1-11(17(23)21-13-6-4-12(19)5-7-13)27-18(24)15-10-14(8-9-16(15)20)28(25,26)22(2)3/h4-11H,1-3H3,(H,21,23)/t11-/m0/s1. The molecule has 1 amide bonds. The Bertz CT molecular complexity index is 992. The van der Waals surface area contributed by atoms with Gasteiger partial charge in [0.15, 0.2) is 6.10 Å². The zero-order chi connectivity index (χ0) is 21.1. The molecule has 0 aliphatic carbocycles. The first-order valence-electron chi connectivity index (χ1n) is 8.02. The van der Waals surface area contributed by atoms with Gasteiger partial charge < -0.3 is 10.1 Å². The Morgan fingerprint density at radius 2 is 1.68 bits per heavy atom. The summed E-state index contributed by atoms with van der Waals surface area (Å²) in [5.41, 5.74) is 0.324. The van der Waals surface area contributed by atoms with Gasteiger partial charge in [0, 0.05) is 24.8 Å². The molecule has 0 unspecified atom stereocenters. The predicted octanol–water partition coefficient (Wildman–Crippen LogP) is 3.43. The van der Waals surface area contributed by atoms with Gasteiger partial charge in [-0.25, -0.2) is 17.5 Å². The molecule has 150 valence electrons. The van der Waals surface area contributed by atoms with E-state index in [-0.39, 0.29) is 15.5 Å². The van der Waals surface area contributed by atoms with Gasteiger partial charge in [-0.15, -0.1) is 0 Å². The number of anilines is 1. The molecule has 0 bridgehead atoms. The van der Waals surface area contributed by atoms with Gasteiger partial charge in [0.05, 0.1) is 15.5 Å². The van der Waals surface area contributed by atoms with Crippen molar-refractivity contribution in [2.45, 2.75) is 17.9 Å². The number of sulfonamides is 1. The van der Waals surface area contributed by atoms with Crippen molar-refractivity contribution in [2.24, 2.45) is 0 Å². The molecule has 0 saturated heterocycles. The van der Waals surface area contributed by atoms with E-state index < -0.39 is 28.0 Å². The van der Waals surface area contributed by atoms with Crippen LogP contribution in [-0.2, 0) is 19.6 Å². The van der Waals surface area contributed by atoms with Crippen LogP contribution in [0, 0.1) is 0 Å². The number of hydrogen-bond acceptors (Lipinski definition) is 5. The highest BCUT2D eigenvalue weighted by Gasteiger charge is 2.24. The normalized spacial score (nSPS) is 12.5. The summed E-state index contributed by atoms with van der Waals surface area (Å²) in [4.78, 5) is 24.5. The largest absolute Gasteiger partial charge is 0.449 e. The molecule has 0 aromatic heterocycles. The van der Waals surface area contributed by atoms with Crippen molar-refractivity contribution in [1.29, 1.82) is 0 Å². The molecule has 0 heterocycles. The van der Waals surface area contributed by atoms with E-state index >= 15 is 0 Å². The molecule has 2 aromatic carbocycles. The van der Waals surface area contributed by atoms with Crippen LogP contribution in [0.5, 0.6) is 0 Å². The molecule has 7 nitrogen and oxygen atoms in total. The Balaban J connectivity index is 2.15. The number of halogens is 2. The third-order valence-electron chi connectivity index (χ3n) is 3.70. The highest BCUT2D eigenvalue weighted by atomic mass is 35.5. The minimum absolute atomic E-state index is 0.00742. The maximum atomic E-state index is 12.4. The Labute approximate surface area is 173 Å². The Morgan fingerprint density at radius 3 is 2.25 bits per heavy atom. The first kappa shape index (κ1) is 22.2. The topological polar surface area (TPSA) is 92.8 Å². The molecule has 0 fully saturated rings.